The van der Waals surface area contributed by atoms with Crippen molar-refractivity contribution < 1.29 is 4.39 Å². The summed E-state index contributed by atoms with van der Waals surface area (Å²) in [5.41, 5.74) is 2.62. The third-order valence-electron chi connectivity index (χ3n) is 2.94. The maximum Gasteiger partial charge on any atom is 0.126 e. The molecule has 2 aromatic carbocycles. The van der Waals surface area contributed by atoms with Gasteiger partial charge in [-0.15, -0.1) is 0 Å². The second kappa shape index (κ2) is 5.53. The molecular formula is C15H15BrFN. The van der Waals surface area contributed by atoms with E-state index < -0.39 is 0 Å². The molecule has 0 saturated carbocycles. The van der Waals surface area contributed by atoms with Crippen LogP contribution in [-0.2, 0) is 0 Å². The molecule has 0 bridgehead atoms. The molecule has 3 heteroatoms. The minimum atomic E-state index is -0.159. The van der Waals surface area contributed by atoms with Crippen LogP contribution in [-0.4, -0.2) is 0 Å². The maximum atomic E-state index is 13.5. The van der Waals surface area contributed by atoms with Crippen LogP contribution in [0.15, 0.2) is 46.9 Å². The van der Waals surface area contributed by atoms with Gasteiger partial charge in [-0.3, -0.25) is 0 Å². The van der Waals surface area contributed by atoms with Gasteiger partial charge < -0.3 is 5.32 Å². The molecule has 1 atom stereocenters. The molecule has 18 heavy (non-hydrogen) atoms. The minimum Gasteiger partial charge on any atom is -0.378 e. The van der Waals surface area contributed by atoms with Gasteiger partial charge in [0.2, 0.25) is 0 Å². The highest BCUT2D eigenvalue weighted by molar-refractivity contribution is 9.10. The van der Waals surface area contributed by atoms with Gasteiger partial charge in [-0.05, 0) is 59.1 Å². The lowest BCUT2D eigenvalue weighted by atomic mass is 10.1. The molecule has 0 aromatic heterocycles. The number of rotatable bonds is 3. The van der Waals surface area contributed by atoms with Crippen LogP contribution in [0.2, 0.25) is 0 Å². The zero-order valence-corrected chi connectivity index (χ0v) is 12.0. The highest BCUT2D eigenvalue weighted by Gasteiger charge is 2.08. The van der Waals surface area contributed by atoms with Crippen LogP contribution in [0.1, 0.15) is 24.1 Å². The first kappa shape index (κ1) is 13.1. The number of anilines is 1. The summed E-state index contributed by atoms with van der Waals surface area (Å²) < 4.78 is 14.5. The zero-order chi connectivity index (χ0) is 13.1. The Morgan fingerprint density at radius 1 is 1.17 bits per heavy atom. The molecule has 94 valence electrons. The average molecular weight is 308 g/mol. The Hall–Kier alpha value is -1.35. The van der Waals surface area contributed by atoms with Gasteiger partial charge in [0.25, 0.3) is 0 Å². The molecule has 0 radical (unpaired) electrons. The summed E-state index contributed by atoms with van der Waals surface area (Å²) >= 11 is 3.49. The first-order chi connectivity index (χ1) is 8.58. The van der Waals surface area contributed by atoms with Gasteiger partial charge >= 0.3 is 0 Å². The van der Waals surface area contributed by atoms with E-state index in [1.807, 2.05) is 43.3 Å². The zero-order valence-electron chi connectivity index (χ0n) is 10.4. The van der Waals surface area contributed by atoms with Gasteiger partial charge in [0.1, 0.15) is 5.82 Å². The van der Waals surface area contributed by atoms with E-state index in [4.69, 9.17) is 0 Å². The van der Waals surface area contributed by atoms with E-state index in [0.29, 0.717) is 5.56 Å². The standard InChI is InChI=1S/C15H15BrFN/c1-10-7-8-12(9-14(10)17)11(2)18-15-6-4-3-5-13(15)16/h3-9,11,18H,1-2H3. The Morgan fingerprint density at radius 2 is 1.89 bits per heavy atom. The van der Waals surface area contributed by atoms with Crippen LogP contribution in [0.4, 0.5) is 10.1 Å². The first-order valence-electron chi connectivity index (χ1n) is 5.85. The summed E-state index contributed by atoms with van der Waals surface area (Å²) in [6, 6.07) is 13.3. The number of hydrogen-bond acceptors (Lipinski definition) is 1. The average Bonchev–Trinajstić information content (AvgIpc) is 2.35. The van der Waals surface area contributed by atoms with Crippen LogP contribution in [0.25, 0.3) is 0 Å². The molecule has 0 fully saturated rings. The largest absolute Gasteiger partial charge is 0.378 e. The Morgan fingerprint density at radius 3 is 2.56 bits per heavy atom. The van der Waals surface area contributed by atoms with Gasteiger partial charge in [0, 0.05) is 16.2 Å². The number of benzene rings is 2. The molecule has 0 aliphatic carbocycles. The second-order valence-electron chi connectivity index (χ2n) is 4.35. The number of hydrogen-bond donors (Lipinski definition) is 1. The fourth-order valence-electron chi connectivity index (χ4n) is 1.77. The molecule has 1 nitrogen and oxygen atoms in total. The maximum absolute atomic E-state index is 13.5. The molecule has 1 N–H and O–H groups in total. The van der Waals surface area contributed by atoms with E-state index in [2.05, 4.69) is 21.2 Å². The van der Waals surface area contributed by atoms with E-state index in [-0.39, 0.29) is 11.9 Å². The molecule has 0 saturated heterocycles. The van der Waals surface area contributed by atoms with Crippen molar-refractivity contribution in [3.63, 3.8) is 0 Å². The molecule has 0 aliphatic heterocycles. The van der Waals surface area contributed by atoms with Gasteiger partial charge in [-0.1, -0.05) is 24.3 Å². The van der Waals surface area contributed by atoms with E-state index >= 15 is 0 Å². The quantitative estimate of drug-likeness (QED) is 0.834. The molecule has 0 amide bonds. The van der Waals surface area contributed by atoms with Gasteiger partial charge in [-0.2, -0.15) is 0 Å². The summed E-state index contributed by atoms with van der Waals surface area (Å²) in [5.74, 6) is -0.159. The third-order valence-corrected chi connectivity index (χ3v) is 3.63. The highest BCUT2D eigenvalue weighted by Crippen LogP contribution is 2.26. The summed E-state index contributed by atoms with van der Waals surface area (Å²) in [4.78, 5) is 0. The molecule has 0 aliphatic rings. The monoisotopic (exact) mass is 307 g/mol. The van der Waals surface area contributed by atoms with E-state index in [1.165, 1.54) is 0 Å². The van der Waals surface area contributed by atoms with Crippen LogP contribution < -0.4 is 5.32 Å². The fraction of sp³-hybridized carbons (Fsp3) is 0.200. The van der Waals surface area contributed by atoms with Crippen LogP contribution in [0.3, 0.4) is 0 Å². The van der Waals surface area contributed by atoms with Crippen LogP contribution in [0, 0.1) is 12.7 Å². The van der Waals surface area contributed by atoms with Crippen molar-refractivity contribution >= 4 is 21.6 Å². The molecule has 1 unspecified atom stereocenters. The second-order valence-corrected chi connectivity index (χ2v) is 5.21. The molecule has 0 heterocycles. The van der Waals surface area contributed by atoms with Crippen molar-refractivity contribution in [3.8, 4) is 0 Å². The summed E-state index contributed by atoms with van der Waals surface area (Å²) in [6.07, 6.45) is 0. The topological polar surface area (TPSA) is 12.0 Å². The number of para-hydroxylation sites is 1. The third kappa shape index (κ3) is 2.91. The molecule has 2 aromatic rings. The van der Waals surface area contributed by atoms with Crippen molar-refractivity contribution in [2.45, 2.75) is 19.9 Å². The summed E-state index contributed by atoms with van der Waals surface area (Å²) in [6.45, 7) is 3.79. The highest BCUT2D eigenvalue weighted by atomic mass is 79.9. The van der Waals surface area contributed by atoms with Crippen molar-refractivity contribution in [1.29, 1.82) is 0 Å². The van der Waals surface area contributed by atoms with Crippen molar-refractivity contribution in [1.82, 2.24) is 0 Å². The predicted molar refractivity (Wildman–Crippen MR) is 77.3 cm³/mol. The van der Waals surface area contributed by atoms with Crippen molar-refractivity contribution in [2.75, 3.05) is 5.32 Å². The summed E-state index contributed by atoms with van der Waals surface area (Å²) in [5, 5.41) is 3.36. The van der Waals surface area contributed by atoms with Gasteiger partial charge in [-0.25, -0.2) is 4.39 Å². The number of nitrogens with one attached hydrogen (secondary N) is 1. The lowest BCUT2D eigenvalue weighted by Crippen LogP contribution is -2.07. The number of aryl methyl sites for hydroxylation is 1. The fourth-order valence-corrected chi connectivity index (χ4v) is 2.17. The normalized spacial score (nSPS) is 12.2. The SMILES string of the molecule is Cc1ccc(C(C)Nc2ccccc2Br)cc1F. The van der Waals surface area contributed by atoms with Gasteiger partial charge in [0.15, 0.2) is 0 Å². The van der Waals surface area contributed by atoms with E-state index in [1.54, 1.807) is 13.0 Å². The Labute approximate surface area is 115 Å². The van der Waals surface area contributed by atoms with E-state index in [0.717, 1.165) is 15.7 Å². The summed E-state index contributed by atoms with van der Waals surface area (Å²) in [7, 11) is 0. The van der Waals surface area contributed by atoms with Crippen LogP contribution in [0.5, 0.6) is 0 Å². The molecular weight excluding hydrogens is 293 g/mol. The lowest BCUT2D eigenvalue weighted by Gasteiger charge is -2.17. The Kier molecular flexibility index (Phi) is 4.02. The predicted octanol–water partition coefficient (Wildman–Crippen LogP) is 5.07. The minimum absolute atomic E-state index is 0.0544. The lowest BCUT2D eigenvalue weighted by molar-refractivity contribution is 0.614. The van der Waals surface area contributed by atoms with Crippen LogP contribution >= 0.6 is 15.9 Å². The Balaban J connectivity index is 2.19. The molecule has 2 rings (SSSR count). The van der Waals surface area contributed by atoms with Crippen molar-refractivity contribution in [2.24, 2.45) is 0 Å². The number of halogens is 2. The smallest absolute Gasteiger partial charge is 0.126 e. The van der Waals surface area contributed by atoms with Crippen molar-refractivity contribution in [3.05, 3.63) is 63.9 Å². The van der Waals surface area contributed by atoms with Gasteiger partial charge in [0.05, 0.1) is 0 Å². The first-order valence-corrected chi connectivity index (χ1v) is 6.64. The molecule has 0 spiro atoms. The van der Waals surface area contributed by atoms with E-state index in [9.17, 15) is 4.39 Å². The Bertz CT molecular complexity index is 554.